The molecule has 0 aliphatic carbocycles. The molecule has 0 atom stereocenters. The van der Waals surface area contributed by atoms with E-state index in [1.807, 2.05) is 48.5 Å². The van der Waals surface area contributed by atoms with Crippen LogP contribution >= 0.6 is 0 Å². The van der Waals surface area contributed by atoms with Gasteiger partial charge in [0.1, 0.15) is 19.0 Å². The number of benzene rings is 2. The highest BCUT2D eigenvalue weighted by Gasteiger charge is 2.17. The number of para-hydroxylation sites is 1. The molecular weight excluding hydrogens is 438 g/mol. The number of nitrogens with one attached hydrogen (secondary N) is 2. The van der Waals surface area contributed by atoms with Crippen molar-refractivity contribution in [2.75, 3.05) is 18.5 Å². The molecule has 0 unspecified atom stereocenters. The fraction of sp³-hybridized carbons (Fsp3) is 0.250. The van der Waals surface area contributed by atoms with Crippen LogP contribution in [-0.2, 0) is 25.6 Å². The Labute approximate surface area is 197 Å². The van der Waals surface area contributed by atoms with Gasteiger partial charge in [-0.2, -0.15) is 0 Å². The van der Waals surface area contributed by atoms with Crippen LogP contribution in [-0.4, -0.2) is 37.0 Å². The van der Waals surface area contributed by atoms with Gasteiger partial charge in [-0.05, 0) is 42.7 Å². The zero-order chi connectivity index (χ0) is 24.3. The summed E-state index contributed by atoms with van der Waals surface area (Å²) in [5, 5.41) is 2.87. The molecule has 0 saturated carbocycles. The molecule has 10 heteroatoms. The number of aryl methyl sites for hydroxylation is 1. The first-order chi connectivity index (χ1) is 16.4. The van der Waals surface area contributed by atoms with Crippen molar-refractivity contribution in [3.05, 3.63) is 65.2 Å². The number of anilines is 1. The molecule has 2 aromatic carbocycles. The van der Waals surface area contributed by atoms with Crippen molar-refractivity contribution in [3.63, 3.8) is 0 Å². The van der Waals surface area contributed by atoms with E-state index in [9.17, 15) is 14.4 Å². The smallest absolute Gasteiger partial charge is 0.404 e. The van der Waals surface area contributed by atoms with E-state index in [-0.39, 0.29) is 31.4 Å². The molecule has 1 aliphatic rings. The van der Waals surface area contributed by atoms with Gasteiger partial charge in [-0.1, -0.05) is 30.3 Å². The molecular formula is C24H27N5O5. The number of rotatable bonds is 10. The molecule has 0 saturated heterocycles. The van der Waals surface area contributed by atoms with E-state index in [4.69, 9.17) is 16.3 Å². The number of nitrogens with two attached hydrogens (primary N) is 2. The van der Waals surface area contributed by atoms with Crippen molar-refractivity contribution in [1.29, 1.82) is 0 Å². The first-order valence-corrected chi connectivity index (χ1v) is 10.8. The quantitative estimate of drug-likeness (QED) is 0.312. The van der Waals surface area contributed by atoms with Gasteiger partial charge in [0.25, 0.3) is 5.91 Å². The van der Waals surface area contributed by atoms with E-state index >= 15 is 0 Å². The lowest BCUT2D eigenvalue weighted by Crippen LogP contribution is -2.29. The molecule has 0 spiro atoms. The molecule has 34 heavy (non-hydrogen) atoms. The Morgan fingerprint density at radius 3 is 2.62 bits per heavy atom. The van der Waals surface area contributed by atoms with Crippen molar-refractivity contribution in [2.24, 2.45) is 16.5 Å². The minimum absolute atomic E-state index is 0.0368. The molecule has 0 aromatic heterocycles. The van der Waals surface area contributed by atoms with Crippen molar-refractivity contribution in [1.82, 2.24) is 5.48 Å². The zero-order valence-electron chi connectivity index (χ0n) is 18.6. The number of hydrogen-bond donors (Lipinski definition) is 4. The van der Waals surface area contributed by atoms with Crippen LogP contribution in [0, 0.1) is 0 Å². The van der Waals surface area contributed by atoms with Gasteiger partial charge in [0.15, 0.2) is 0 Å². The molecule has 1 heterocycles. The Kier molecular flexibility index (Phi) is 8.75. The Hall–Kier alpha value is -4.18. The highest BCUT2D eigenvalue weighted by molar-refractivity contribution is 6.05. The average Bonchev–Trinajstić information content (AvgIpc) is 2.97. The summed E-state index contributed by atoms with van der Waals surface area (Å²) in [5.74, 6) is -0.222. The summed E-state index contributed by atoms with van der Waals surface area (Å²) in [5.41, 5.74) is 16.7. The minimum Gasteiger partial charge on any atom is -0.447 e. The van der Waals surface area contributed by atoms with Crippen molar-refractivity contribution in [2.45, 2.75) is 25.7 Å². The maximum Gasteiger partial charge on any atom is 0.404 e. The van der Waals surface area contributed by atoms with Crippen molar-refractivity contribution in [3.8, 4) is 0 Å². The summed E-state index contributed by atoms with van der Waals surface area (Å²) in [6.07, 6.45) is 2.70. The van der Waals surface area contributed by atoms with Gasteiger partial charge in [0.2, 0.25) is 5.91 Å². The van der Waals surface area contributed by atoms with Crippen LogP contribution in [0.25, 0.3) is 6.08 Å². The highest BCUT2D eigenvalue weighted by atomic mass is 16.7. The number of carbonyl (C=O) groups excluding carboxylic acids is 3. The van der Waals surface area contributed by atoms with Crippen LogP contribution in [0.2, 0.25) is 0 Å². The Bertz CT molecular complexity index is 1100. The third kappa shape index (κ3) is 7.75. The number of primary amides is 1. The second-order valence-corrected chi connectivity index (χ2v) is 7.56. The van der Waals surface area contributed by atoms with Gasteiger partial charge in [-0.3, -0.25) is 14.4 Å². The normalized spacial score (nSPS) is 12.5. The lowest BCUT2D eigenvalue weighted by molar-refractivity contribution is -0.130. The van der Waals surface area contributed by atoms with Crippen LogP contribution in [0.15, 0.2) is 59.1 Å². The Balaban J connectivity index is 1.54. The first-order valence-electron chi connectivity index (χ1n) is 10.8. The number of hydroxylamine groups is 1. The number of amidine groups is 1. The molecule has 2 aromatic rings. The molecule has 0 radical (unpaired) electrons. The van der Waals surface area contributed by atoms with Gasteiger partial charge < -0.3 is 21.5 Å². The molecule has 1 aliphatic heterocycles. The first kappa shape index (κ1) is 24.5. The third-order valence-corrected chi connectivity index (χ3v) is 4.87. The summed E-state index contributed by atoms with van der Waals surface area (Å²) in [6, 6.07) is 15.0. The van der Waals surface area contributed by atoms with E-state index in [1.54, 1.807) is 6.08 Å². The van der Waals surface area contributed by atoms with Gasteiger partial charge in [-0.25, -0.2) is 15.3 Å². The molecule has 0 bridgehead atoms. The SMILES string of the molecule is NC(=O)OCCONC(=O)C1=Cc2ccc(CCCC(=O)Nc3ccccc3)cc2N=C(N)C1. The number of nitrogens with zero attached hydrogens (tertiary/aromatic N) is 1. The zero-order valence-corrected chi connectivity index (χ0v) is 18.6. The Morgan fingerprint density at radius 2 is 1.85 bits per heavy atom. The topological polar surface area (TPSA) is 158 Å². The van der Waals surface area contributed by atoms with E-state index in [1.165, 1.54) is 0 Å². The Morgan fingerprint density at radius 1 is 1.06 bits per heavy atom. The number of ether oxygens (including phenoxy) is 1. The summed E-state index contributed by atoms with van der Waals surface area (Å²) >= 11 is 0. The number of aliphatic imine (C=N–C) groups is 1. The minimum atomic E-state index is -0.920. The van der Waals surface area contributed by atoms with Gasteiger partial charge in [-0.15, -0.1) is 0 Å². The molecule has 10 nitrogen and oxygen atoms in total. The van der Waals surface area contributed by atoms with Gasteiger partial charge in [0.05, 0.1) is 5.69 Å². The fourth-order valence-electron chi connectivity index (χ4n) is 3.30. The summed E-state index contributed by atoms with van der Waals surface area (Å²) in [7, 11) is 0. The molecule has 0 fully saturated rings. The van der Waals surface area contributed by atoms with Crippen LogP contribution < -0.4 is 22.3 Å². The highest BCUT2D eigenvalue weighted by Crippen LogP contribution is 2.28. The van der Waals surface area contributed by atoms with Crippen LogP contribution in [0.3, 0.4) is 0 Å². The lowest BCUT2D eigenvalue weighted by atomic mass is 10.0. The summed E-state index contributed by atoms with van der Waals surface area (Å²) < 4.78 is 4.52. The second-order valence-electron chi connectivity index (χ2n) is 7.56. The monoisotopic (exact) mass is 465 g/mol. The van der Waals surface area contributed by atoms with E-state index in [0.717, 1.165) is 16.8 Å². The molecule has 3 amide bonds. The maximum absolute atomic E-state index is 12.4. The molecule has 6 N–H and O–H groups in total. The number of fused-ring (bicyclic) bond motifs is 1. The van der Waals surface area contributed by atoms with Crippen molar-refractivity contribution < 1.29 is 24.0 Å². The standard InChI is InChI=1S/C24H27N5O5/c25-21-15-18(23(31)29-34-12-11-33-24(26)32)14-17-10-9-16(13-20(17)28-21)5-4-8-22(30)27-19-6-2-1-3-7-19/h1-3,6-7,9-10,13-14H,4-5,8,11-12,15H2,(H2,25,28)(H2,26,32)(H,27,30)(H,29,31). The van der Waals surface area contributed by atoms with E-state index in [2.05, 4.69) is 20.5 Å². The van der Waals surface area contributed by atoms with Gasteiger partial charge >= 0.3 is 6.09 Å². The number of carbonyl (C=O) groups is 3. The van der Waals surface area contributed by atoms with E-state index < -0.39 is 12.0 Å². The fourth-order valence-corrected chi connectivity index (χ4v) is 3.30. The summed E-state index contributed by atoms with van der Waals surface area (Å²) in [6.45, 7) is -0.132. The predicted octanol–water partition coefficient (Wildman–Crippen LogP) is 2.57. The number of amides is 3. The largest absolute Gasteiger partial charge is 0.447 e. The third-order valence-electron chi connectivity index (χ3n) is 4.87. The maximum atomic E-state index is 12.4. The molecule has 3 rings (SSSR count). The number of hydrogen-bond acceptors (Lipinski definition) is 7. The molecule has 178 valence electrons. The van der Waals surface area contributed by atoms with Crippen LogP contribution in [0.1, 0.15) is 30.4 Å². The second kappa shape index (κ2) is 12.2. The van der Waals surface area contributed by atoms with Crippen LogP contribution in [0.5, 0.6) is 0 Å². The predicted molar refractivity (Wildman–Crippen MR) is 128 cm³/mol. The van der Waals surface area contributed by atoms with Crippen molar-refractivity contribution >= 4 is 41.2 Å². The lowest BCUT2D eigenvalue weighted by Gasteiger charge is -2.08. The summed E-state index contributed by atoms with van der Waals surface area (Å²) in [4.78, 5) is 44.5. The van der Waals surface area contributed by atoms with E-state index in [0.29, 0.717) is 30.5 Å². The average molecular weight is 466 g/mol. The van der Waals surface area contributed by atoms with Gasteiger partial charge in [0, 0.05) is 29.7 Å². The van der Waals surface area contributed by atoms with Crippen LogP contribution in [0.4, 0.5) is 16.2 Å².